The smallest absolute Gasteiger partial charge is 0.271 e. The normalized spacial score (nSPS) is 10.9. The van der Waals surface area contributed by atoms with E-state index in [0.717, 1.165) is 0 Å². The molecule has 2 aromatic rings. The van der Waals surface area contributed by atoms with Gasteiger partial charge < -0.3 is 10.6 Å². The van der Waals surface area contributed by atoms with E-state index in [-0.39, 0.29) is 18.2 Å². The molecule has 0 radical (unpaired) electrons. The van der Waals surface area contributed by atoms with Gasteiger partial charge in [0, 0.05) is 34.6 Å². The number of nitrogens with one attached hydrogen (secondary N) is 3. The molecule has 0 unspecified atom stereocenters. The molecule has 0 aromatic heterocycles. The maximum atomic E-state index is 12.1. The first-order valence-corrected chi connectivity index (χ1v) is 8.48. The van der Waals surface area contributed by atoms with Crippen molar-refractivity contribution in [3.8, 4) is 0 Å². The van der Waals surface area contributed by atoms with Crippen molar-refractivity contribution < 1.29 is 14.4 Å². The molecule has 0 bridgehead atoms. The molecule has 0 aliphatic carbocycles. The number of hydrogen-bond acceptors (Lipinski definition) is 4. The first-order chi connectivity index (χ1) is 12.8. The third kappa shape index (κ3) is 6.91. The lowest BCUT2D eigenvalue weighted by Gasteiger charge is -2.06. The number of amides is 3. The molecule has 7 nitrogen and oxygen atoms in total. The van der Waals surface area contributed by atoms with Crippen LogP contribution < -0.4 is 16.1 Å². The van der Waals surface area contributed by atoms with Crippen molar-refractivity contribution in [3.63, 3.8) is 0 Å². The summed E-state index contributed by atoms with van der Waals surface area (Å²) < 4.78 is 0. The van der Waals surface area contributed by atoms with E-state index in [1.807, 2.05) is 0 Å². The van der Waals surface area contributed by atoms with Gasteiger partial charge in [-0.2, -0.15) is 5.10 Å². The van der Waals surface area contributed by atoms with Crippen molar-refractivity contribution in [2.75, 3.05) is 10.6 Å². The maximum Gasteiger partial charge on any atom is 0.271 e. The quantitative estimate of drug-likeness (QED) is 0.523. The van der Waals surface area contributed by atoms with Crippen LogP contribution in [0.1, 0.15) is 30.6 Å². The van der Waals surface area contributed by atoms with Gasteiger partial charge in [-0.05, 0) is 55.5 Å². The highest BCUT2D eigenvalue weighted by atomic mass is 35.5. The van der Waals surface area contributed by atoms with Crippen molar-refractivity contribution in [1.29, 1.82) is 0 Å². The average molecular weight is 387 g/mol. The predicted octanol–water partition coefficient (Wildman–Crippen LogP) is 3.43. The fourth-order valence-corrected chi connectivity index (χ4v) is 2.26. The number of benzene rings is 2. The van der Waals surface area contributed by atoms with Gasteiger partial charge in [-0.1, -0.05) is 11.6 Å². The molecule has 0 saturated carbocycles. The molecular weight excluding hydrogens is 368 g/mol. The molecule has 2 rings (SSSR count). The van der Waals surface area contributed by atoms with Crippen LogP contribution in [0.5, 0.6) is 0 Å². The second-order valence-corrected chi connectivity index (χ2v) is 6.21. The molecule has 140 valence electrons. The molecule has 0 saturated heterocycles. The van der Waals surface area contributed by atoms with Gasteiger partial charge in [0.05, 0.1) is 6.42 Å². The van der Waals surface area contributed by atoms with Crippen molar-refractivity contribution in [3.05, 3.63) is 59.1 Å². The second-order valence-electron chi connectivity index (χ2n) is 5.78. The lowest BCUT2D eigenvalue weighted by Crippen LogP contribution is -2.21. The van der Waals surface area contributed by atoms with Gasteiger partial charge in [0.15, 0.2) is 0 Å². The highest BCUT2D eigenvalue weighted by Gasteiger charge is 2.07. The van der Waals surface area contributed by atoms with E-state index in [9.17, 15) is 14.4 Å². The fraction of sp³-hybridized carbons (Fsp3) is 0.158. The number of carbonyl (C=O) groups is 3. The zero-order valence-electron chi connectivity index (χ0n) is 14.9. The van der Waals surface area contributed by atoms with Gasteiger partial charge >= 0.3 is 0 Å². The largest absolute Gasteiger partial charge is 0.326 e. The molecule has 0 aliphatic heterocycles. The number of rotatable bonds is 6. The molecule has 0 aliphatic rings. The van der Waals surface area contributed by atoms with E-state index in [2.05, 4.69) is 21.2 Å². The molecule has 0 atom stereocenters. The summed E-state index contributed by atoms with van der Waals surface area (Å²) in [7, 11) is 0. The highest BCUT2D eigenvalue weighted by Crippen LogP contribution is 2.13. The Morgan fingerprint density at radius 2 is 1.44 bits per heavy atom. The summed E-state index contributed by atoms with van der Waals surface area (Å²) in [5.74, 6) is -0.862. The minimum atomic E-state index is -0.415. The zero-order valence-corrected chi connectivity index (χ0v) is 15.6. The Balaban J connectivity index is 1.86. The molecule has 2 aromatic carbocycles. The molecule has 3 amide bonds. The van der Waals surface area contributed by atoms with Gasteiger partial charge in [0.2, 0.25) is 11.8 Å². The molecule has 3 N–H and O–H groups in total. The Labute approximate surface area is 161 Å². The van der Waals surface area contributed by atoms with Gasteiger partial charge in [0.25, 0.3) is 5.91 Å². The van der Waals surface area contributed by atoms with Crippen LogP contribution in [0.3, 0.4) is 0 Å². The van der Waals surface area contributed by atoms with Crippen LogP contribution in [0.15, 0.2) is 53.6 Å². The number of halogens is 1. The summed E-state index contributed by atoms with van der Waals surface area (Å²) in [5, 5.41) is 9.85. The van der Waals surface area contributed by atoms with E-state index < -0.39 is 5.91 Å². The van der Waals surface area contributed by atoms with E-state index in [1.165, 1.54) is 6.92 Å². The van der Waals surface area contributed by atoms with Crippen molar-refractivity contribution in [1.82, 2.24) is 5.43 Å². The Morgan fingerprint density at radius 1 is 0.889 bits per heavy atom. The van der Waals surface area contributed by atoms with Gasteiger partial charge in [-0.25, -0.2) is 5.43 Å². The van der Waals surface area contributed by atoms with Crippen LogP contribution in [0, 0.1) is 0 Å². The zero-order chi connectivity index (χ0) is 19.8. The predicted molar refractivity (Wildman–Crippen MR) is 106 cm³/mol. The SMILES string of the molecule is CC(=O)Nc1ccc(C(=O)N/N=C(\C)CC(=O)Nc2ccc(Cl)cc2)cc1. The van der Waals surface area contributed by atoms with Crippen LogP contribution in [0.25, 0.3) is 0 Å². The number of hydrazone groups is 1. The van der Waals surface area contributed by atoms with Crippen LogP contribution in [0.2, 0.25) is 5.02 Å². The second kappa shape index (κ2) is 9.49. The molecule has 8 heteroatoms. The highest BCUT2D eigenvalue weighted by molar-refractivity contribution is 6.30. The van der Waals surface area contributed by atoms with Crippen LogP contribution >= 0.6 is 11.6 Å². The van der Waals surface area contributed by atoms with E-state index in [1.54, 1.807) is 55.5 Å². The summed E-state index contributed by atoms with van der Waals surface area (Å²) >= 11 is 5.79. The Morgan fingerprint density at radius 3 is 2.04 bits per heavy atom. The van der Waals surface area contributed by atoms with E-state index >= 15 is 0 Å². The molecular formula is C19H19ClN4O3. The summed E-state index contributed by atoms with van der Waals surface area (Å²) in [4.78, 5) is 35.0. The third-order valence-electron chi connectivity index (χ3n) is 3.36. The fourth-order valence-electron chi connectivity index (χ4n) is 2.13. The first kappa shape index (κ1) is 20.1. The Kier molecular flexibility index (Phi) is 7.08. The minimum Gasteiger partial charge on any atom is -0.326 e. The Bertz CT molecular complexity index is 862. The van der Waals surface area contributed by atoms with Crippen LogP contribution in [0.4, 0.5) is 11.4 Å². The number of carbonyl (C=O) groups excluding carboxylic acids is 3. The Hall–Kier alpha value is -3.19. The number of anilines is 2. The molecule has 27 heavy (non-hydrogen) atoms. The number of nitrogens with zero attached hydrogens (tertiary/aromatic N) is 1. The van der Waals surface area contributed by atoms with Gasteiger partial charge in [-0.3, -0.25) is 14.4 Å². The average Bonchev–Trinajstić information content (AvgIpc) is 2.61. The first-order valence-electron chi connectivity index (χ1n) is 8.10. The topological polar surface area (TPSA) is 99.7 Å². The van der Waals surface area contributed by atoms with E-state index in [0.29, 0.717) is 27.7 Å². The minimum absolute atomic E-state index is 0.0321. The van der Waals surface area contributed by atoms with Crippen molar-refractivity contribution in [2.45, 2.75) is 20.3 Å². The van der Waals surface area contributed by atoms with Crippen molar-refractivity contribution in [2.24, 2.45) is 5.10 Å². The lowest BCUT2D eigenvalue weighted by molar-refractivity contribution is -0.115. The molecule has 0 fully saturated rings. The van der Waals surface area contributed by atoms with Gasteiger partial charge in [-0.15, -0.1) is 0 Å². The number of hydrogen-bond donors (Lipinski definition) is 3. The molecule has 0 spiro atoms. The molecule has 0 heterocycles. The monoisotopic (exact) mass is 386 g/mol. The summed E-state index contributed by atoms with van der Waals surface area (Å²) in [5.41, 5.74) is 4.45. The summed E-state index contributed by atoms with van der Waals surface area (Å²) in [6, 6.07) is 13.1. The summed E-state index contributed by atoms with van der Waals surface area (Å²) in [6.07, 6.45) is 0.0321. The van der Waals surface area contributed by atoms with Gasteiger partial charge in [0.1, 0.15) is 0 Å². The summed E-state index contributed by atoms with van der Waals surface area (Å²) in [6.45, 7) is 3.04. The van der Waals surface area contributed by atoms with Crippen LogP contribution in [-0.2, 0) is 9.59 Å². The van der Waals surface area contributed by atoms with Crippen molar-refractivity contribution >= 4 is 46.4 Å². The maximum absolute atomic E-state index is 12.1. The van der Waals surface area contributed by atoms with E-state index in [4.69, 9.17) is 11.6 Å². The third-order valence-corrected chi connectivity index (χ3v) is 3.61. The van der Waals surface area contributed by atoms with Crippen LogP contribution in [-0.4, -0.2) is 23.4 Å². The standard InChI is InChI=1S/C19H19ClN4O3/c1-12(11-18(26)22-17-9-5-15(20)6-10-17)23-24-19(27)14-3-7-16(8-4-14)21-13(2)25/h3-10H,11H2,1-2H3,(H,21,25)(H,22,26)(H,24,27)/b23-12+. The lowest BCUT2D eigenvalue weighted by atomic mass is 10.2.